The van der Waals surface area contributed by atoms with Crippen LogP contribution in [0.15, 0.2) is 12.3 Å². The van der Waals surface area contributed by atoms with Gasteiger partial charge in [0.1, 0.15) is 0 Å². The van der Waals surface area contributed by atoms with E-state index in [2.05, 4.69) is 30.5 Å². The van der Waals surface area contributed by atoms with Crippen molar-refractivity contribution in [3.63, 3.8) is 0 Å². The normalized spacial score (nSPS) is 14.8. The molecular weight excluding hydrogens is 294 g/mol. The van der Waals surface area contributed by atoms with Crippen LogP contribution >= 0.6 is 0 Å². The average molecular weight is 315 g/mol. The van der Waals surface area contributed by atoms with Gasteiger partial charge in [0.25, 0.3) is 5.91 Å². The molecule has 1 aliphatic rings. The number of aryl methyl sites for hydroxylation is 2. The van der Waals surface area contributed by atoms with E-state index >= 15 is 0 Å². The molecule has 0 spiro atoms. The minimum Gasteiger partial charge on any atom is -0.345 e. The molecule has 0 aliphatic carbocycles. The Hall–Kier alpha value is -2.51. The third-order valence-corrected chi connectivity index (χ3v) is 3.80. The molecule has 3 heterocycles. The van der Waals surface area contributed by atoms with E-state index in [1.165, 1.54) is 23.9 Å². The molecule has 8 nitrogen and oxygen atoms in total. The standard InChI is InChI=1S/C15H21N7O/c1-11-8-12(9-16-14(23)13-10-21(2)20-19-13)18-15(17-11)22-6-4-3-5-7-22/h8,10H,3-7,9H2,1-2H3,(H,16,23). The van der Waals surface area contributed by atoms with Crippen molar-refractivity contribution in [2.75, 3.05) is 18.0 Å². The lowest BCUT2D eigenvalue weighted by Crippen LogP contribution is -2.32. The monoisotopic (exact) mass is 315 g/mol. The van der Waals surface area contributed by atoms with Crippen LogP contribution in [0.25, 0.3) is 0 Å². The molecule has 1 amide bonds. The number of carbonyl (C=O) groups is 1. The van der Waals surface area contributed by atoms with Crippen LogP contribution in [0.1, 0.15) is 41.1 Å². The van der Waals surface area contributed by atoms with Crippen LogP contribution in [0.5, 0.6) is 0 Å². The zero-order valence-electron chi connectivity index (χ0n) is 13.5. The second-order valence-corrected chi connectivity index (χ2v) is 5.81. The fraction of sp³-hybridized carbons (Fsp3) is 0.533. The van der Waals surface area contributed by atoms with Crippen molar-refractivity contribution >= 4 is 11.9 Å². The Morgan fingerprint density at radius 1 is 1.26 bits per heavy atom. The number of carbonyl (C=O) groups excluding carboxylic acids is 1. The summed E-state index contributed by atoms with van der Waals surface area (Å²) in [5, 5.41) is 10.4. The van der Waals surface area contributed by atoms with Gasteiger partial charge in [0.2, 0.25) is 5.95 Å². The molecule has 8 heteroatoms. The second kappa shape index (κ2) is 6.72. The number of hydrogen-bond donors (Lipinski definition) is 1. The first-order valence-corrected chi connectivity index (χ1v) is 7.86. The van der Waals surface area contributed by atoms with Crippen LogP contribution in [0, 0.1) is 6.92 Å². The van der Waals surface area contributed by atoms with E-state index < -0.39 is 0 Å². The first-order valence-electron chi connectivity index (χ1n) is 7.86. The molecule has 0 unspecified atom stereocenters. The van der Waals surface area contributed by atoms with Gasteiger partial charge in [-0.1, -0.05) is 5.21 Å². The van der Waals surface area contributed by atoms with Gasteiger partial charge in [0, 0.05) is 25.8 Å². The summed E-state index contributed by atoms with van der Waals surface area (Å²) in [5.41, 5.74) is 2.01. The Balaban J connectivity index is 1.67. The second-order valence-electron chi connectivity index (χ2n) is 5.81. The van der Waals surface area contributed by atoms with E-state index in [9.17, 15) is 4.79 Å². The summed E-state index contributed by atoms with van der Waals surface area (Å²) in [4.78, 5) is 23.3. The number of aromatic nitrogens is 5. The highest BCUT2D eigenvalue weighted by Crippen LogP contribution is 2.16. The van der Waals surface area contributed by atoms with Gasteiger partial charge in [-0.2, -0.15) is 0 Å². The smallest absolute Gasteiger partial charge is 0.273 e. The summed E-state index contributed by atoms with van der Waals surface area (Å²) in [5.74, 6) is 0.502. The summed E-state index contributed by atoms with van der Waals surface area (Å²) >= 11 is 0. The van der Waals surface area contributed by atoms with E-state index in [0.717, 1.165) is 30.4 Å². The molecule has 0 bridgehead atoms. The van der Waals surface area contributed by atoms with Crippen LogP contribution in [0.3, 0.4) is 0 Å². The zero-order chi connectivity index (χ0) is 16.2. The molecule has 1 fully saturated rings. The van der Waals surface area contributed by atoms with Gasteiger partial charge in [-0.05, 0) is 32.3 Å². The third kappa shape index (κ3) is 3.82. The van der Waals surface area contributed by atoms with E-state index in [1.54, 1.807) is 13.2 Å². The van der Waals surface area contributed by atoms with Gasteiger partial charge >= 0.3 is 0 Å². The SMILES string of the molecule is Cc1cc(CNC(=O)c2cn(C)nn2)nc(N2CCCCC2)n1. The van der Waals surface area contributed by atoms with E-state index in [4.69, 9.17) is 0 Å². The van der Waals surface area contributed by atoms with Gasteiger partial charge in [-0.15, -0.1) is 5.10 Å². The van der Waals surface area contributed by atoms with Crippen LogP contribution in [-0.4, -0.2) is 44.0 Å². The lowest BCUT2D eigenvalue weighted by molar-refractivity contribution is 0.0945. The molecule has 1 N–H and O–H groups in total. The number of rotatable bonds is 4. The van der Waals surface area contributed by atoms with E-state index in [-0.39, 0.29) is 5.91 Å². The number of piperidine rings is 1. The molecule has 1 aliphatic heterocycles. The Labute approximate surface area is 134 Å². The molecule has 23 heavy (non-hydrogen) atoms. The summed E-state index contributed by atoms with van der Waals surface area (Å²) in [6, 6.07) is 1.89. The zero-order valence-corrected chi connectivity index (χ0v) is 13.5. The number of anilines is 1. The highest BCUT2D eigenvalue weighted by atomic mass is 16.2. The van der Waals surface area contributed by atoms with Gasteiger partial charge < -0.3 is 10.2 Å². The van der Waals surface area contributed by atoms with Crippen LogP contribution in [-0.2, 0) is 13.6 Å². The van der Waals surface area contributed by atoms with Crippen molar-refractivity contribution < 1.29 is 4.79 Å². The summed E-state index contributed by atoms with van der Waals surface area (Å²) < 4.78 is 1.50. The third-order valence-electron chi connectivity index (χ3n) is 3.80. The molecule has 2 aromatic heterocycles. The van der Waals surface area contributed by atoms with Crippen molar-refractivity contribution in [3.8, 4) is 0 Å². The molecule has 0 saturated carbocycles. The van der Waals surface area contributed by atoms with Crippen molar-refractivity contribution in [1.82, 2.24) is 30.3 Å². The minimum atomic E-state index is -0.256. The van der Waals surface area contributed by atoms with E-state index in [1.807, 2.05) is 13.0 Å². The van der Waals surface area contributed by atoms with Gasteiger partial charge in [-0.3, -0.25) is 9.48 Å². The predicted octanol–water partition coefficient (Wildman–Crippen LogP) is 0.834. The molecular formula is C15H21N7O. The Kier molecular flexibility index (Phi) is 4.50. The maximum atomic E-state index is 12.0. The molecule has 122 valence electrons. The van der Waals surface area contributed by atoms with Gasteiger partial charge in [-0.25, -0.2) is 9.97 Å². The average Bonchev–Trinajstić information content (AvgIpc) is 2.99. The summed E-state index contributed by atoms with van der Waals surface area (Å²) in [6.07, 6.45) is 5.20. The van der Waals surface area contributed by atoms with Crippen molar-refractivity contribution in [2.45, 2.75) is 32.7 Å². The number of nitrogens with one attached hydrogen (secondary N) is 1. The van der Waals surface area contributed by atoms with E-state index in [0.29, 0.717) is 12.2 Å². The number of hydrogen-bond acceptors (Lipinski definition) is 6. The minimum absolute atomic E-state index is 0.256. The highest BCUT2D eigenvalue weighted by molar-refractivity contribution is 5.91. The lowest BCUT2D eigenvalue weighted by atomic mass is 10.1. The number of amides is 1. The molecule has 3 rings (SSSR count). The largest absolute Gasteiger partial charge is 0.345 e. The number of nitrogens with zero attached hydrogens (tertiary/aromatic N) is 6. The predicted molar refractivity (Wildman–Crippen MR) is 85.0 cm³/mol. The summed E-state index contributed by atoms with van der Waals surface area (Å²) in [6.45, 7) is 4.28. The first-order chi connectivity index (χ1) is 11.1. The van der Waals surface area contributed by atoms with Gasteiger partial charge in [0.05, 0.1) is 18.4 Å². The van der Waals surface area contributed by atoms with Gasteiger partial charge in [0.15, 0.2) is 5.69 Å². The molecule has 0 aromatic carbocycles. The summed E-state index contributed by atoms with van der Waals surface area (Å²) in [7, 11) is 1.72. The topological polar surface area (TPSA) is 88.8 Å². The lowest BCUT2D eigenvalue weighted by Gasteiger charge is -2.27. The Morgan fingerprint density at radius 2 is 2.04 bits per heavy atom. The maximum Gasteiger partial charge on any atom is 0.273 e. The van der Waals surface area contributed by atoms with Crippen molar-refractivity contribution in [3.05, 3.63) is 29.3 Å². The molecule has 2 aromatic rings. The van der Waals surface area contributed by atoms with Crippen molar-refractivity contribution in [2.24, 2.45) is 7.05 Å². The fourth-order valence-corrected chi connectivity index (χ4v) is 2.66. The highest BCUT2D eigenvalue weighted by Gasteiger charge is 2.15. The van der Waals surface area contributed by atoms with Crippen LogP contribution < -0.4 is 10.2 Å². The first kappa shape index (κ1) is 15.4. The fourth-order valence-electron chi connectivity index (χ4n) is 2.66. The quantitative estimate of drug-likeness (QED) is 0.899. The maximum absolute atomic E-state index is 12.0. The molecule has 0 radical (unpaired) electrons. The van der Waals surface area contributed by atoms with Crippen molar-refractivity contribution in [1.29, 1.82) is 0 Å². The molecule has 0 atom stereocenters. The van der Waals surface area contributed by atoms with Crippen LogP contribution in [0.4, 0.5) is 5.95 Å². The van der Waals surface area contributed by atoms with Crippen LogP contribution in [0.2, 0.25) is 0 Å². The Morgan fingerprint density at radius 3 is 2.74 bits per heavy atom. The molecule has 1 saturated heterocycles. The Bertz CT molecular complexity index is 691.